The highest BCUT2D eigenvalue weighted by molar-refractivity contribution is 6.62. The summed E-state index contributed by atoms with van der Waals surface area (Å²) in [5, 5.41) is 3.14. The highest BCUT2D eigenvalue weighted by Gasteiger charge is 2.52. The van der Waals surface area contributed by atoms with Gasteiger partial charge < -0.3 is 24.1 Å². The van der Waals surface area contributed by atoms with Crippen molar-refractivity contribution in [3.8, 4) is 0 Å². The highest BCUT2D eigenvalue weighted by atomic mass is 16.7. The number of carbonyl (C=O) groups excluding carboxylic acids is 2. The molecule has 0 amide bonds. The number of hydrogen-bond donors (Lipinski definition) is 1. The maximum atomic E-state index is 12.0. The monoisotopic (exact) mass is 433 g/mol. The van der Waals surface area contributed by atoms with E-state index >= 15 is 0 Å². The molecule has 1 aliphatic rings. The van der Waals surface area contributed by atoms with Gasteiger partial charge in [0.15, 0.2) is 0 Å². The van der Waals surface area contributed by atoms with Crippen LogP contribution in [0.1, 0.15) is 65.2 Å². The zero-order valence-corrected chi connectivity index (χ0v) is 20.3. The maximum absolute atomic E-state index is 12.0. The number of esters is 2. The Hall–Kier alpha value is -1.90. The van der Waals surface area contributed by atoms with E-state index in [-0.39, 0.29) is 24.9 Å². The molecule has 1 aliphatic heterocycles. The summed E-state index contributed by atoms with van der Waals surface area (Å²) >= 11 is 0. The Bertz CT molecular complexity index is 812. The van der Waals surface area contributed by atoms with Crippen LogP contribution in [0.25, 0.3) is 0 Å². The number of ether oxygens (including phenoxy) is 2. The van der Waals surface area contributed by atoms with Crippen LogP contribution < -0.4 is 10.8 Å². The number of rotatable bonds is 7. The maximum Gasteiger partial charge on any atom is 0.495 e. The smallest absolute Gasteiger partial charge is 0.469 e. The molecule has 1 N–H and O–H groups in total. The van der Waals surface area contributed by atoms with E-state index in [9.17, 15) is 9.59 Å². The van der Waals surface area contributed by atoms with Crippen molar-refractivity contribution < 1.29 is 28.4 Å². The van der Waals surface area contributed by atoms with Crippen molar-refractivity contribution in [2.45, 2.75) is 85.2 Å². The number of nitrogens with one attached hydrogen (secondary N) is 1. The van der Waals surface area contributed by atoms with Gasteiger partial charge in [-0.1, -0.05) is 12.1 Å². The molecule has 1 fully saturated rings. The normalized spacial score (nSPS) is 17.5. The van der Waals surface area contributed by atoms with Gasteiger partial charge in [0.1, 0.15) is 5.60 Å². The molecule has 1 aromatic rings. The van der Waals surface area contributed by atoms with Crippen LogP contribution in [0, 0.1) is 6.92 Å². The zero-order valence-electron chi connectivity index (χ0n) is 20.3. The average Bonchev–Trinajstić information content (AvgIpc) is 2.83. The minimum absolute atomic E-state index is 0.0871. The lowest BCUT2D eigenvalue weighted by Gasteiger charge is -2.32. The standard InChI is InChI=1S/C23H36BNO6/c1-15-17(13-25-14-20(27)29-21(2,3)4)10-16(12-19(26)28-9)11-18(15)24-30-22(5,6)23(7,8)31-24/h10-11,25H,12-14H2,1-9H3. The number of hydrogen-bond acceptors (Lipinski definition) is 7. The van der Waals surface area contributed by atoms with Gasteiger partial charge in [0.05, 0.1) is 31.3 Å². The van der Waals surface area contributed by atoms with E-state index in [4.69, 9.17) is 18.8 Å². The van der Waals surface area contributed by atoms with E-state index in [1.165, 1.54) is 7.11 Å². The van der Waals surface area contributed by atoms with E-state index in [2.05, 4.69) is 5.32 Å². The minimum atomic E-state index is -0.549. The van der Waals surface area contributed by atoms with Gasteiger partial charge in [-0.15, -0.1) is 0 Å². The number of benzene rings is 1. The lowest BCUT2D eigenvalue weighted by Crippen LogP contribution is -2.41. The van der Waals surface area contributed by atoms with Crippen molar-refractivity contribution in [3.63, 3.8) is 0 Å². The van der Waals surface area contributed by atoms with Gasteiger partial charge in [0, 0.05) is 6.54 Å². The molecule has 7 nitrogen and oxygen atoms in total. The third-order valence-corrected chi connectivity index (χ3v) is 5.70. The molecular weight excluding hydrogens is 397 g/mol. The van der Waals surface area contributed by atoms with Crippen LogP contribution in [0.2, 0.25) is 0 Å². The van der Waals surface area contributed by atoms with Gasteiger partial charge in [0.2, 0.25) is 0 Å². The highest BCUT2D eigenvalue weighted by Crippen LogP contribution is 2.37. The summed E-state index contributed by atoms with van der Waals surface area (Å²) in [7, 11) is 0.821. The van der Waals surface area contributed by atoms with Crippen LogP contribution in [-0.4, -0.2) is 49.5 Å². The second-order valence-electron chi connectivity index (χ2n) is 10.0. The first kappa shape index (κ1) is 25.4. The quantitative estimate of drug-likeness (QED) is 0.523. The van der Waals surface area contributed by atoms with Crippen LogP contribution in [0.3, 0.4) is 0 Å². The summed E-state index contributed by atoms with van der Waals surface area (Å²) in [6.07, 6.45) is 0.141. The largest absolute Gasteiger partial charge is 0.495 e. The van der Waals surface area contributed by atoms with Gasteiger partial charge in [-0.05, 0) is 77.5 Å². The summed E-state index contributed by atoms with van der Waals surface area (Å²) in [5.74, 6) is -0.640. The van der Waals surface area contributed by atoms with E-state index in [0.29, 0.717) is 6.54 Å². The van der Waals surface area contributed by atoms with Crippen molar-refractivity contribution in [2.75, 3.05) is 13.7 Å². The van der Waals surface area contributed by atoms with Crippen molar-refractivity contribution in [3.05, 3.63) is 28.8 Å². The number of methoxy groups -OCH3 is 1. The van der Waals surface area contributed by atoms with Crippen molar-refractivity contribution in [1.29, 1.82) is 0 Å². The fourth-order valence-electron chi connectivity index (χ4n) is 3.28. The molecule has 31 heavy (non-hydrogen) atoms. The van der Waals surface area contributed by atoms with Crippen LogP contribution in [-0.2, 0) is 41.3 Å². The second-order valence-corrected chi connectivity index (χ2v) is 10.0. The Labute approximate surface area is 186 Å². The van der Waals surface area contributed by atoms with Crippen molar-refractivity contribution in [2.24, 2.45) is 0 Å². The summed E-state index contributed by atoms with van der Waals surface area (Å²) in [5.41, 5.74) is 2.14. The predicted molar refractivity (Wildman–Crippen MR) is 120 cm³/mol. The van der Waals surface area contributed by atoms with Gasteiger partial charge in [-0.3, -0.25) is 9.59 Å². The lowest BCUT2D eigenvalue weighted by atomic mass is 9.74. The molecule has 0 bridgehead atoms. The summed E-state index contributed by atoms with van der Waals surface area (Å²) < 4.78 is 22.7. The molecule has 0 saturated carbocycles. The van der Waals surface area contributed by atoms with E-state index in [0.717, 1.165) is 22.2 Å². The molecule has 1 aromatic carbocycles. The SMILES string of the molecule is COC(=O)Cc1cc(CNCC(=O)OC(C)(C)C)c(C)c(B2OC(C)(C)C(C)(C)O2)c1. The van der Waals surface area contributed by atoms with E-state index in [1.807, 2.05) is 67.5 Å². The average molecular weight is 433 g/mol. The molecule has 0 atom stereocenters. The zero-order chi connectivity index (χ0) is 23.6. The Morgan fingerprint density at radius 1 is 1.06 bits per heavy atom. The van der Waals surface area contributed by atoms with Gasteiger partial charge in [-0.2, -0.15) is 0 Å². The molecule has 0 aliphatic carbocycles. The van der Waals surface area contributed by atoms with E-state index in [1.54, 1.807) is 0 Å². The minimum Gasteiger partial charge on any atom is -0.469 e. The number of carbonyl (C=O) groups is 2. The van der Waals surface area contributed by atoms with Crippen molar-refractivity contribution >= 4 is 24.5 Å². The van der Waals surface area contributed by atoms with Crippen LogP contribution >= 0.6 is 0 Å². The van der Waals surface area contributed by atoms with Gasteiger partial charge >= 0.3 is 19.1 Å². The predicted octanol–water partition coefficient (Wildman–Crippen LogP) is 2.44. The Balaban J connectivity index is 2.27. The summed E-state index contributed by atoms with van der Waals surface area (Å²) in [6, 6.07) is 3.88. The third kappa shape index (κ3) is 6.54. The third-order valence-electron chi connectivity index (χ3n) is 5.70. The van der Waals surface area contributed by atoms with Gasteiger partial charge in [-0.25, -0.2) is 0 Å². The molecule has 0 spiro atoms. The molecule has 0 radical (unpaired) electrons. The first-order valence-corrected chi connectivity index (χ1v) is 10.6. The van der Waals surface area contributed by atoms with Crippen LogP contribution in [0.4, 0.5) is 0 Å². The van der Waals surface area contributed by atoms with Crippen LogP contribution in [0.15, 0.2) is 12.1 Å². The molecular formula is C23H36BNO6. The molecule has 172 valence electrons. The van der Waals surface area contributed by atoms with Crippen LogP contribution in [0.5, 0.6) is 0 Å². The van der Waals surface area contributed by atoms with Gasteiger partial charge in [0.25, 0.3) is 0 Å². The first-order valence-electron chi connectivity index (χ1n) is 10.6. The fraction of sp³-hybridized carbons (Fsp3) is 0.652. The lowest BCUT2D eigenvalue weighted by molar-refractivity contribution is -0.153. The Morgan fingerprint density at radius 2 is 1.65 bits per heavy atom. The fourth-order valence-corrected chi connectivity index (χ4v) is 3.28. The Kier molecular flexibility index (Phi) is 7.61. The van der Waals surface area contributed by atoms with E-state index < -0.39 is 23.9 Å². The van der Waals surface area contributed by atoms with Crippen molar-refractivity contribution in [1.82, 2.24) is 5.32 Å². The summed E-state index contributed by atoms with van der Waals surface area (Å²) in [4.78, 5) is 23.9. The molecule has 2 rings (SSSR count). The molecule has 0 aromatic heterocycles. The first-order chi connectivity index (χ1) is 14.1. The summed E-state index contributed by atoms with van der Waals surface area (Å²) in [6.45, 7) is 16.0. The molecule has 1 saturated heterocycles. The second kappa shape index (κ2) is 9.31. The molecule has 8 heteroatoms. The molecule has 1 heterocycles. The topological polar surface area (TPSA) is 83.1 Å². The molecule has 0 unspecified atom stereocenters. The Morgan fingerprint density at radius 3 is 2.16 bits per heavy atom.